The van der Waals surface area contributed by atoms with E-state index in [0.717, 1.165) is 25.7 Å². The Morgan fingerprint density at radius 1 is 0.500 bits per heavy atom. The molecule has 3 nitrogen and oxygen atoms in total. The van der Waals surface area contributed by atoms with Crippen LogP contribution in [0, 0.1) is 0 Å². The Morgan fingerprint density at radius 3 is 1.23 bits per heavy atom. The lowest BCUT2D eigenvalue weighted by atomic mass is 9.98. The minimum Gasteiger partial charge on any atom is -0.346 e. The molecule has 0 spiro atoms. The number of rotatable bonds is 31. The third kappa shape index (κ3) is 24.1. The molecule has 1 saturated heterocycles. The number of ether oxygens (including phenoxy) is 2. The molecule has 44 heavy (non-hydrogen) atoms. The van der Waals surface area contributed by atoms with Gasteiger partial charge in [0.15, 0.2) is 5.79 Å². The van der Waals surface area contributed by atoms with Crippen LogP contribution in [0.3, 0.4) is 0 Å². The van der Waals surface area contributed by atoms with Gasteiger partial charge in [0.2, 0.25) is 0 Å². The van der Waals surface area contributed by atoms with Gasteiger partial charge in [0.1, 0.15) is 6.23 Å². The summed E-state index contributed by atoms with van der Waals surface area (Å²) in [5, 5.41) is 0. The largest absolute Gasteiger partial charge is 0.346 e. The van der Waals surface area contributed by atoms with E-state index in [9.17, 15) is 0 Å². The Balaban J connectivity index is 2.09. The average Bonchev–Trinajstić information content (AvgIpc) is 3.45. The van der Waals surface area contributed by atoms with Crippen LogP contribution >= 0.6 is 0 Å². The molecule has 1 atom stereocenters. The summed E-state index contributed by atoms with van der Waals surface area (Å²) in [6.07, 6.45) is 51.9. The smallest absolute Gasteiger partial charge is 0.170 e. The quantitative estimate of drug-likeness (QED) is 0.0573. The first kappa shape index (κ1) is 40.9. The van der Waals surface area contributed by atoms with Crippen LogP contribution in [-0.4, -0.2) is 37.6 Å². The maximum Gasteiger partial charge on any atom is 0.170 e. The summed E-state index contributed by atoms with van der Waals surface area (Å²) in [6.45, 7) is 5.24. The molecule has 1 aliphatic heterocycles. The Kier molecular flexibility index (Phi) is 28.3. The highest BCUT2D eigenvalue weighted by Crippen LogP contribution is 2.35. The van der Waals surface area contributed by atoms with E-state index in [0.29, 0.717) is 6.61 Å². The highest BCUT2D eigenvalue weighted by molar-refractivity contribution is 4.93. The van der Waals surface area contributed by atoms with Crippen molar-refractivity contribution in [2.45, 2.75) is 193 Å². The summed E-state index contributed by atoms with van der Waals surface area (Å²) in [7, 11) is 4.20. The second-order valence-corrected chi connectivity index (χ2v) is 13.4. The van der Waals surface area contributed by atoms with Gasteiger partial charge in [-0.2, -0.15) is 0 Å². The molecule has 1 fully saturated rings. The van der Waals surface area contributed by atoms with Crippen molar-refractivity contribution < 1.29 is 9.47 Å². The predicted molar refractivity (Wildman–Crippen MR) is 195 cm³/mol. The third-order valence-electron chi connectivity index (χ3n) is 8.93. The molecule has 0 aromatic rings. The van der Waals surface area contributed by atoms with Gasteiger partial charge >= 0.3 is 0 Å². The molecule has 0 aromatic heterocycles. The fourth-order valence-electron chi connectivity index (χ4n) is 5.95. The van der Waals surface area contributed by atoms with E-state index in [1.165, 1.54) is 141 Å². The van der Waals surface area contributed by atoms with Crippen molar-refractivity contribution in [1.82, 2.24) is 4.90 Å². The van der Waals surface area contributed by atoms with Crippen molar-refractivity contribution in [3.8, 4) is 0 Å². The molecule has 1 heterocycles. The summed E-state index contributed by atoms with van der Waals surface area (Å²) in [6, 6.07) is 0. The zero-order valence-corrected chi connectivity index (χ0v) is 30.1. The fourth-order valence-corrected chi connectivity index (χ4v) is 5.95. The number of likely N-dealkylation sites (N-methyl/N-ethyl adjacent to an activating group) is 1. The van der Waals surface area contributed by atoms with Gasteiger partial charge in [0, 0.05) is 12.8 Å². The third-order valence-corrected chi connectivity index (χ3v) is 8.93. The molecule has 1 unspecified atom stereocenters. The Hall–Kier alpha value is -1.16. The number of unbranched alkanes of at least 4 members (excludes halogenated alkanes) is 18. The maximum absolute atomic E-state index is 6.54. The van der Waals surface area contributed by atoms with Gasteiger partial charge in [0.25, 0.3) is 0 Å². The monoisotopic (exact) mass is 614 g/mol. The van der Waals surface area contributed by atoms with E-state index in [1.807, 2.05) is 0 Å². The van der Waals surface area contributed by atoms with Gasteiger partial charge in [-0.3, -0.25) is 4.90 Å². The van der Waals surface area contributed by atoms with Crippen LogP contribution < -0.4 is 0 Å². The molecule has 0 saturated carbocycles. The number of hydrogen-bond acceptors (Lipinski definition) is 3. The van der Waals surface area contributed by atoms with Crippen LogP contribution in [0.1, 0.15) is 181 Å². The SMILES string of the molecule is CCCCCC=CCC=CCCCCCCCCC1(CCCCCCCCC=CCC=CCCCCC)OCC(N(C)C)O1. The Morgan fingerprint density at radius 2 is 0.864 bits per heavy atom. The molecule has 1 aliphatic rings. The van der Waals surface area contributed by atoms with E-state index >= 15 is 0 Å². The molecule has 256 valence electrons. The molecular weight excluding hydrogens is 538 g/mol. The van der Waals surface area contributed by atoms with E-state index < -0.39 is 0 Å². The highest BCUT2D eigenvalue weighted by atomic mass is 16.8. The number of allylic oxidation sites excluding steroid dienone is 8. The number of nitrogens with zero attached hydrogens (tertiary/aromatic N) is 1. The molecule has 0 N–H and O–H groups in total. The summed E-state index contributed by atoms with van der Waals surface area (Å²) in [4.78, 5) is 2.17. The minimum atomic E-state index is -0.348. The molecule has 0 radical (unpaired) electrons. The van der Waals surface area contributed by atoms with Crippen LogP contribution in [-0.2, 0) is 9.47 Å². The number of hydrogen-bond donors (Lipinski definition) is 0. The first-order valence-electron chi connectivity index (χ1n) is 19.2. The van der Waals surface area contributed by atoms with Gasteiger partial charge in [-0.15, -0.1) is 0 Å². The molecular formula is C41H75NO2. The predicted octanol–water partition coefficient (Wildman–Crippen LogP) is 13.0. The normalized spacial score (nSPS) is 19.3. The molecule has 0 aromatic carbocycles. The van der Waals surface area contributed by atoms with Crippen molar-refractivity contribution >= 4 is 0 Å². The van der Waals surface area contributed by atoms with Gasteiger partial charge in [-0.05, 0) is 91.1 Å². The highest BCUT2D eigenvalue weighted by Gasteiger charge is 2.41. The van der Waals surface area contributed by atoms with E-state index in [2.05, 4.69) is 81.5 Å². The lowest BCUT2D eigenvalue weighted by molar-refractivity contribution is -0.192. The Labute approximate surface area is 276 Å². The summed E-state index contributed by atoms with van der Waals surface area (Å²) < 4.78 is 12.9. The Bertz CT molecular complexity index is 674. The van der Waals surface area contributed by atoms with Crippen LogP contribution in [0.2, 0.25) is 0 Å². The van der Waals surface area contributed by atoms with Crippen molar-refractivity contribution in [3.05, 3.63) is 48.6 Å². The first-order chi connectivity index (χ1) is 21.6. The molecule has 1 rings (SSSR count). The fraction of sp³-hybridized carbons (Fsp3) is 0.805. The molecule has 0 aliphatic carbocycles. The van der Waals surface area contributed by atoms with E-state index in [-0.39, 0.29) is 12.0 Å². The van der Waals surface area contributed by atoms with Crippen molar-refractivity contribution in [3.63, 3.8) is 0 Å². The second kappa shape index (κ2) is 30.5. The van der Waals surface area contributed by atoms with Crippen molar-refractivity contribution in [2.24, 2.45) is 0 Å². The zero-order chi connectivity index (χ0) is 31.8. The average molecular weight is 614 g/mol. The van der Waals surface area contributed by atoms with Gasteiger partial charge in [0.05, 0.1) is 6.61 Å². The van der Waals surface area contributed by atoms with Gasteiger partial charge in [-0.1, -0.05) is 140 Å². The molecule has 0 amide bonds. The minimum absolute atomic E-state index is 0.101. The van der Waals surface area contributed by atoms with Crippen LogP contribution in [0.25, 0.3) is 0 Å². The lowest BCUT2D eigenvalue weighted by Gasteiger charge is -2.29. The van der Waals surface area contributed by atoms with Crippen LogP contribution in [0.4, 0.5) is 0 Å². The summed E-state index contributed by atoms with van der Waals surface area (Å²) in [5.41, 5.74) is 0. The van der Waals surface area contributed by atoms with Crippen molar-refractivity contribution in [2.75, 3.05) is 20.7 Å². The maximum atomic E-state index is 6.54. The van der Waals surface area contributed by atoms with E-state index in [1.54, 1.807) is 0 Å². The topological polar surface area (TPSA) is 21.7 Å². The van der Waals surface area contributed by atoms with Crippen LogP contribution in [0.5, 0.6) is 0 Å². The first-order valence-corrected chi connectivity index (χ1v) is 19.2. The van der Waals surface area contributed by atoms with E-state index in [4.69, 9.17) is 9.47 Å². The molecule has 0 bridgehead atoms. The summed E-state index contributed by atoms with van der Waals surface area (Å²) in [5.74, 6) is -0.348. The zero-order valence-electron chi connectivity index (χ0n) is 30.1. The van der Waals surface area contributed by atoms with Gasteiger partial charge < -0.3 is 9.47 Å². The standard InChI is InChI=1S/C41H75NO2/c1-5-7-9-11-13-15-17-19-21-23-25-27-29-31-33-35-37-41(43-39-40(44-41)42(3)4)38-36-34-32-30-28-26-24-22-20-18-16-14-12-10-8-6-2/h13-16,19-22,40H,5-12,17-18,23-39H2,1-4H3. The van der Waals surface area contributed by atoms with Gasteiger partial charge in [-0.25, -0.2) is 0 Å². The molecule has 3 heteroatoms. The van der Waals surface area contributed by atoms with Crippen molar-refractivity contribution in [1.29, 1.82) is 0 Å². The summed E-state index contributed by atoms with van der Waals surface area (Å²) >= 11 is 0. The second-order valence-electron chi connectivity index (χ2n) is 13.4. The lowest BCUT2D eigenvalue weighted by Crippen LogP contribution is -2.35. The van der Waals surface area contributed by atoms with Crippen LogP contribution in [0.15, 0.2) is 48.6 Å².